The largest absolute Gasteiger partial charge is 0.330 e. The molecule has 16 heavy (non-hydrogen) atoms. The molecule has 4 nitrogen and oxygen atoms in total. The van der Waals surface area contributed by atoms with Crippen LogP contribution in [0.25, 0.3) is 0 Å². The van der Waals surface area contributed by atoms with Gasteiger partial charge < -0.3 is 22.9 Å². The average molecular weight is 232 g/mol. The van der Waals surface area contributed by atoms with Gasteiger partial charge in [0, 0.05) is 18.1 Å². The van der Waals surface area contributed by atoms with E-state index in [2.05, 4.69) is 6.92 Å². The van der Waals surface area contributed by atoms with E-state index in [-0.39, 0.29) is 0 Å². The van der Waals surface area contributed by atoms with Crippen LogP contribution in [0.15, 0.2) is 0 Å². The smallest absolute Gasteiger partial charge is 0.00134 e. The summed E-state index contributed by atoms with van der Waals surface area (Å²) in [6.45, 7) is 8.88. The number of hydrogen-bond donors (Lipinski definition) is 4. The predicted octanol–water partition coefficient (Wildman–Crippen LogP) is 0.780. The lowest BCUT2D eigenvalue weighted by Gasteiger charge is -2.09. The fraction of sp³-hybridized carbons (Fsp3) is 1.00. The molecule has 4 unspecified atom stereocenters. The Hall–Kier alpha value is -0.160. The summed E-state index contributed by atoms with van der Waals surface area (Å²) in [6.07, 6.45) is 3.12. The SMILES string of the molecule is CC(N)CC(C)CN.CC(N)CCC(C)N. The first-order chi connectivity index (χ1) is 7.29. The summed E-state index contributed by atoms with van der Waals surface area (Å²) in [4.78, 5) is 0. The van der Waals surface area contributed by atoms with Crippen LogP contribution >= 0.6 is 0 Å². The van der Waals surface area contributed by atoms with Crippen molar-refractivity contribution < 1.29 is 0 Å². The third-order valence-corrected chi connectivity index (χ3v) is 2.25. The van der Waals surface area contributed by atoms with Crippen LogP contribution in [0, 0.1) is 5.92 Å². The summed E-state index contributed by atoms with van der Waals surface area (Å²) in [7, 11) is 0. The summed E-state index contributed by atoms with van der Waals surface area (Å²) in [5.41, 5.74) is 21.8. The monoisotopic (exact) mass is 232 g/mol. The number of rotatable bonds is 6. The van der Waals surface area contributed by atoms with Crippen molar-refractivity contribution in [2.75, 3.05) is 6.54 Å². The molecule has 4 heteroatoms. The minimum absolute atomic E-state index is 0.300. The predicted molar refractivity (Wildman–Crippen MR) is 73.0 cm³/mol. The van der Waals surface area contributed by atoms with E-state index in [0.29, 0.717) is 24.0 Å². The normalized spacial score (nSPS) is 18.0. The third-order valence-electron chi connectivity index (χ3n) is 2.25. The van der Waals surface area contributed by atoms with E-state index in [1.165, 1.54) is 0 Å². The van der Waals surface area contributed by atoms with E-state index in [9.17, 15) is 0 Å². The molecule has 8 N–H and O–H groups in total. The van der Waals surface area contributed by atoms with E-state index in [0.717, 1.165) is 25.8 Å². The van der Waals surface area contributed by atoms with Crippen LogP contribution in [0.5, 0.6) is 0 Å². The molecule has 0 spiro atoms. The van der Waals surface area contributed by atoms with E-state index in [4.69, 9.17) is 22.9 Å². The summed E-state index contributed by atoms with van der Waals surface area (Å²) in [5, 5.41) is 0. The molecule has 0 saturated carbocycles. The maximum Gasteiger partial charge on any atom is 0.00134 e. The Morgan fingerprint density at radius 1 is 0.750 bits per heavy atom. The third kappa shape index (κ3) is 19.4. The Morgan fingerprint density at radius 2 is 1.12 bits per heavy atom. The Bertz CT molecular complexity index is 127. The maximum absolute atomic E-state index is 5.51. The second-order valence-electron chi connectivity index (χ2n) is 5.09. The van der Waals surface area contributed by atoms with Crippen LogP contribution in [0.1, 0.15) is 47.0 Å². The fourth-order valence-electron chi connectivity index (χ4n) is 1.26. The standard InChI is InChI=1S/2C6H16N2/c1-5(4-7)3-6(2)8;1-5(7)3-4-6(2)8/h2*5-6H,3-4,7-8H2,1-2H3. The highest BCUT2D eigenvalue weighted by atomic mass is 14.6. The van der Waals surface area contributed by atoms with Crippen LogP contribution in [0.4, 0.5) is 0 Å². The average Bonchev–Trinajstić information content (AvgIpc) is 2.14. The highest BCUT2D eigenvalue weighted by Crippen LogP contribution is 2.00. The van der Waals surface area contributed by atoms with Gasteiger partial charge >= 0.3 is 0 Å². The van der Waals surface area contributed by atoms with Crippen molar-refractivity contribution in [1.29, 1.82) is 0 Å². The van der Waals surface area contributed by atoms with Crippen molar-refractivity contribution in [1.82, 2.24) is 0 Å². The van der Waals surface area contributed by atoms with Crippen molar-refractivity contribution in [3.63, 3.8) is 0 Å². The highest BCUT2D eigenvalue weighted by molar-refractivity contribution is 4.60. The van der Waals surface area contributed by atoms with Gasteiger partial charge in [-0.3, -0.25) is 0 Å². The lowest BCUT2D eigenvalue weighted by atomic mass is 10.0. The van der Waals surface area contributed by atoms with Crippen molar-refractivity contribution >= 4 is 0 Å². The van der Waals surface area contributed by atoms with Crippen LogP contribution in [0.3, 0.4) is 0 Å². The molecule has 0 saturated heterocycles. The fourth-order valence-corrected chi connectivity index (χ4v) is 1.26. The van der Waals surface area contributed by atoms with Gasteiger partial charge in [0.15, 0.2) is 0 Å². The second kappa shape index (κ2) is 11.3. The molecule has 0 fully saturated rings. The van der Waals surface area contributed by atoms with Gasteiger partial charge in [0.25, 0.3) is 0 Å². The maximum atomic E-state index is 5.51. The Morgan fingerprint density at radius 3 is 1.25 bits per heavy atom. The van der Waals surface area contributed by atoms with Crippen molar-refractivity contribution in [2.45, 2.75) is 65.1 Å². The molecule has 0 heterocycles. The Balaban J connectivity index is 0. The van der Waals surface area contributed by atoms with Gasteiger partial charge in [-0.05, 0) is 52.5 Å². The highest BCUT2D eigenvalue weighted by Gasteiger charge is 2.00. The Kier molecular flexibility index (Phi) is 12.9. The van der Waals surface area contributed by atoms with Gasteiger partial charge in [-0.1, -0.05) is 6.92 Å². The van der Waals surface area contributed by atoms with Crippen molar-refractivity contribution in [3.8, 4) is 0 Å². The molecule has 0 aliphatic heterocycles. The molecule has 4 atom stereocenters. The summed E-state index contributed by atoms with van der Waals surface area (Å²) >= 11 is 0. The molecule has 0 aromatic carbocycles. The molecule has 0 radical (unpaired) electrons. The Labute approximate surface area is 101 Å². The lowest BCUT2D eigenvalue weighted by Crippen LogP contribution is -2.22. The van der Waals surface area contributed by atoms with Crippen LogP contribution in [-0.4, -0.2) is 24.7 Å². The van der Waals surface area contributed by atoms with Crippen molar-refractivity contribution in [3.05, 3.63) is 0 Å². The van der Waals surface area contributed by atoms with Gasteiger partial charge in [0.2, 0.25) is 0 Å². The quantitative estimate of drug-likeness (QED) is 0.543. The minimum atomic E-state index is 0.300. The topological polar surface area (TPSA) is 104 Å². The zero-order valence-electron chi connectivity index (χ0n) is 11.4. The van der Waals surface area contributed by atoms with Crippen LogP contribution in [-0.2, 0) is 0 Å². The summed E-state index contributed by atoms with van der Waals surface area (Å²) < 4.78 is 0. The molecule has 0 amide bonds. The van der Waals surface area contributed by atoms with Crippen LogP contribution in [0.2, 0.25) is 0 Å². The summed E-state index contributed by atoms with van der Waals surface area (Å²) in [5.74, 6) is 0.579. The van der Waals surface area contributed by atoms with Gasteiger partial charge in [-0.25, -0.2) is 0 Å². The van der Waals surface area contributed by atoms with E-state index >= 15 is 0 Å². The molecule has 100 valence electrons. The zero-order chi connectivity index (χ0) is 13.1. The zero-order valence-corrected chi connectivity index (χ0v) is 11.4. The number of hydrogen-bond acceptors (Lipinski definition) is 4. The van der Waals surface area contributed by atoms with E-state index in [1.807, 2.05) is 20.8 Å². The van der Waals surface area contributed by atoms with E-state index < -0.39 is 0 Å². The molecule has 0 bridgehead atoms. The van der Waals surface area contributed by atoms with E-state index in [1.54, 1.807) is 0 Å². The molecule has 0 aromatic rings. The van der Waals surface area contributed by atoms with Gasteiger partial charge in [0.1, 0.15) is 0 Å². The van der Waals surface area contributed by atoms with Crippen LogP contribution < -0.4 is 22.9 Å². The molecule has 0 aliphatic carbocycles. The van der Waals surface area contributed by atoms with Gasteiger partial charge in [-0.2, -0.15) is 0 Å². The minimum Gasteiger partial charge on any atom is -0.330 e. The molecular formula is C12H32N4. The lowest BCUT2D eigenvalue weighted by molar-refractivity contribution is 0.491. The molecular weight excluding hydrogens is 200 g/mol. The molecule has 0 rings (SSSR count). The molecule has 0 aliphatic rings. The first-order valence-corrected chi connectivity index (χ1v) is 6.26. The first kappa shape index (κ1) is 18.2. The molecule has 0 aromatic heterocycles. The van der Waals surface area contributed by atoms with Crippen molar-refractivity contribution in [2.24, 2.45) is 28.9 Å². The first-order valence-electron chi connectivity index (χ1n) is 6.26. The summed E-state index contributed by atoms with van der Waals surface area (Å²) in [6, 6.07) is 0.913. The van der Waals surface area contributed by atoms with Gasteiger partial charge in [0.05, 0.1) is 0 Å². The second-order valence-corrected chi connectivity index (χ2v) is 5.09. The van der Waals surface area contributed by atoms with Gasteiger partial charge in [-0.15, -0.1) is 0 Å². The number of nitrogens with two attached hydrogens (primary N) is 4.